The number of aromatic nitrogens is 2. The summed E-state index contributed by atoms with van der Waals surface area (Å²) in [5.74, 6) is -2.11. The van der Waals surface area contributed by atoms with Gasteiger partial charge in [0.15, 0.2) is 0 Å². The number of halogens is 2. The molecule has 1 aliphatic rings. The summed E-state index contributed by atoms with van der Waals surface area (Å²) < 4.78 is 32.0. The van der Waals surface area contributed by atoms with Crippen molar-refractivity contribution in [2.75, 3.05) is 10.6 Å². The molecule has 3 N–H and O–H groups in total. The molecule has 1 aromatic heterocycles. The van der Waals surface area contributed by atoms with Crippen LogP contribution < -0.4 is 10.6 Å². The molecule has 1 saturated carbocycles. The number of aliphatic carboxylic acids is 1. The van der Waals surface area contributed by atoms with Crippen molar-refractivity contribution in [2.24, 2.45) is 5.92 Å². The molecule has 2 aromatic carbocycles. The van der Waals surface area contributed by atoms with Gasteiger partial charge in [-0.05, 0) is 55.7 Å². The van der Waals surface area contributed by atoms with E-state index in [1.165, 1.54) is 0 Å². The molecule has 0 saturated heterocycles. The van der Waals surface area contributed by atoms with Gasteiger partial charge >= 0.3 is 12.0 Å². The molecule has 0 bridgehead atoms. The number of anilines is 2. The second-order valence-corrected chi connectivity index (χ2v) is 7.64. The van der Waals surface area contributed by atoms with E-state index in [1.807, 2.05) is 0 Å². The van der Waals surface area contributed by atoms with Crippen LogP contribution in [0.1, 0.15) is 37.5 Å². The second-order valence-electron chi connectivity index (χ2n) is 7.64. The van der Waals surface area contributed by atoms with E-state index in [0.717, 1.165) is 25.0 Å². The third-order valence-corrected chi connectivity index (χ3v) is 5.39. The van der Waals surface area contributed by atoms with Crippen LogP contribution in [0.5, 0.6) is 0 Å². The number of amides is 2. The van der Waals surface area contributed by atoms with E-state index in [2.05, 4.69) is 20.8 Å². The molecule has 32 heavy (non-hydrogen) atoms. The number of nitrogens with one attached hydrogen (secondary N) is 2. The van der Waals surface area contributed by atoms with Crippen LogP contribution in [0.4, 0.5) is 25.0 Å². The average molecular weight is 442 g/mol. The fourth-order valence-corrected chi connectivity index (χ4v) is 3.73. The normalized spacial score (nSPS) is 18.2. The molecule has 10 heteroatoms. The lowest BCUT2D eigenvalue weighted by molar-refractivity contribution is -0.143. The Kier molecular flexibility index (Phi) is 6.11. The summed E-state index contributed by atoms with van der Waals surface area (Å²) in [5, 5.41) is 18.1. The van der Waals surface area contributed by atoms with E-state index in [1.54, 1.807) is 24.3 Å². The predicted molar refractivity (Wildman–Crippen MR) is 111 cm³/mol. The first-order valence-electron chi connectivity index (χ1n) is 10.1. The van der Waals surface area contributed by atoms with Crippen molar-refractivity contribution in [1.29, 1.82) is 0 Å². The summed E-state index contributed by atoms with van der Waals surface area (Å²) in [4.78, 5) is 27.7. The smallest absolute Gasteiger partial charge is 0.323 e. The Morgan fingerprint density at radius 3 is 2.56 bits per heavy atom. The van der Waals surface area contributed by atoms with Gasteiger partial charge in [0.05, 0.1) is 11.6 Å². The zero-order chi connectivity index (χ0) is 22.7. The molecule has 2 unspecified atom stereocenters. The Morgan fingerprint density at radius 1 is 1.06 bits per heavy atom. The summed E-state index contributed by atoms with van der Waals surface area (Å²) in [7, 11) is 0. The van der Waals surface area contributed by atoms with Gasteiger partial charge in [-0.15, -0.1) is 0 Å². The Bertz CT molecular complexity index is 1130. The zero-order valence-corrected chi connectivity index (χ0v) is 16.8. The number of hydrogen-bond donors (Lipinski definition) is 3. The maximum absolute atomic E-state index is 13.7. The van der Waals surface area contributed by atoms with E-state index in [0.29, 0.717) is 41.9 Å². The van der Waals surface area contributed by atoms with Crippen molar-refractivity contribution in [3.05, 3.63) is 60.0 Å². The lowest BCUT2D eigenvalue weighted by atomic mass is 9.81. The minimum absolute atomic E-state index is 0.0809. The van der Waals surface area contributed by atoms with Crippen LogP contribution in [-0.4, -0.2) is 27.2 Å². The van der Waals surface area contributed by atoms with Crippen LogP contribution in [0, 0.1) is 17.6 Å². The van der Waals surface area contributed by atoms with Crippen molar-refractivity contribution < 1.29 is 28.0 Å². The number of carboxylic acids is 1. The number of nitrogens with zero attached hydrogens (tertiary/aromatic N) is 2. The molecule has 0 spiro atoms. The Labute approximate surface area is 181 Å². The van der Waals surface area contributed by atoms with Gasteiger partial charge in [0.25, 0.3) is 0 Å². The molecule has 1 heterocycles. The minimum atomic E-state index is -0.879. The third kappa shape index (κ3) is 4.90. The van der Waals surface area contributed by atoms with Gasteiger partial charge in [-0.3, -0.25) is 4.79 Å². The van der Waals surface area contributed by atoms with Crippen LogP contribution in [0.2, 0.25) is 0 Å². The number of carbonyl (C=O) groups excluding carboxylic acids is 1. The van der Waals surface area contributed by atoms with E-state index in [9.17, 15) is 23.5 Å². The summed E-state index contributed by atoms with van der Waals surface area (Å²) in [6.45, 7) is 0. The van der Waals surface area contributed by atoms with Crippen LogP contribution in [-0.2, 0) is 4.79 Å². The van der Waals surface area contributed by atoms with Gasteiger partial charge in [0.2, 0.25) is 11.7 Å². The van der Waals surface area contributed by atoms with Crippen molar-refractivity contribution in [3.63, 3.8) is 0 Å². The minimum Gasteiger partial charge on any atom is -0.481 e. The number of rotatable bonds is 5. The van der Waals surface area contributed by atoms with Gasteiger partial charge < -0.3 is 20.3 Å². The number of hydrogen-bond acceptors (Lipinski definition) is 5. The fraction of sp³-hybridized carbons (Fsp3) is 0.273. The van der Waals surface area contributed by atoms with Crippen LogP contribution in [0.3, 0.4) is 0 Å². The van der Waals surface area contributed by atoms with Crippen molar-refractivity contribution in [2.45, 2.75) is 31.6 Å². The summed E-state index contributed by atoms with van der Waals surface area (Å²) in [6, 6.07) is 8.77. The zero-order valence-electron chi connectivity index (χ0n) is 16.8. The first kappa shape index (κ1) is 21.4. The molecular formula is C22H20F2N4O4. The monoisotopic (exact) mass is 442 g/mol. The summed E-state index contributed by atoms with van der Waals surface area (Å²) in [5.41, 5.74) is 0.947. The van der Waals surface area contributed by atoms with E-state index in [4.69, 9.17) is 4.52 Å². The predicted octanol–water partition coefficient (Wildman–Crippen LogP) is 5.02. The van der Waals surface area contributed by atoms with Crippen LogP contribution in [0.15, 0.2) is 47.0 Å². The highest BCUT2D eigenvalue weighted by Gasteiger charge is 2.31. The highest BCUT2D eigenvalue weighted by atomic mass is 19.1. The van der Waals surface area contributed by atoms with Gasteiger partial charge in [-0.1, -0.05) is 11.6 Å². The SMILES string of the molecule is O=C(Nc1ccc(-c2noc(C3CCCC(C(=O)O)C3)n2)cc1)Nc1ccc(F)cc1F. The highest BCUT2D eigenvalue weighted by molar-refractivity contribution is 5.99. The molecule has 3 aromatic rings. The van der Waals surface area contributed by atoms with Crippen LogP contribution >= 0.6 is 0 Å². The summed E-state index contributed by atoms with van der Waals surface area (Å²) >= 11 is 0. The Balaban J connectivity index is 1.38. The molecule has 1 fully saturated rings. The molecule has 0 aliphatic heterocycles. The molecule has 166 valence electrons. The number of carbonyl (C=O) groups is 2. The standard InChI is InChI=1S/C22H20F2N4O4/c23-15-6-9-18(17(24)11-15)26-22(31)25-16-7-4-12(5-8-16)19-27-20(32-28-19)13-2-1-3-14(10-13)21(29)30/h4-9,11,13-14H,1-3,10H2,(H,29,30)(H2,25,26,31). The van der Waals surface area contributed by atoms with Crippen LogP contribution in [0.25, 0.3) is 11.4 Å². The largest absolute Gasteiger partial charge is 0.481 e. The molecule has 2 amide bonds. The Morgan fingerprint density at radius 2 is 1.84 bits per heavy atom. The molecule has 2 atom stereocenters. The van der Waals surface area contributed by atoms with E-state index in [-0.39, 0.29) is 11.6 Å². The quantitative estimate of drug-likeness (QED) is 0.511. The fourth-order valence-electron chi connectivity index (χ4n) is 3.73. The third-order valence-electron chi connectivity index (χ3n) is 5.39. The number of benzene rings is 2. The number of urea groups is 1. The first-order valence-corrected chi connectivity index (χ1v) is 10.1. The maximum Gasteiger partial charge on any atom is 0.323 e. The molecule has 0 radical (unpaired) electrons. The van der Waals surface area contributed by atoms with Crippen molar-refractivity contribution in [3.8, 4) is 11.4 Å². The van der Waals surface area contributed by atoms with E-state index < -0.39 is 29.6 Å². The molecule has 4 rings (SSSR count). The second kappa shape index (κ2) is 9.13. The first-order chi connectivity index (χ1) is 15.4. The lowest BCUT2D eigenvalue weighted by Gasteiger charge is -2.23. The topological polar surface area (TPSA) is 117 Å². The van der Waals surface area contributed by atoms with Gasteiger partial charge in [-0.2, -0.15) is 4.98 Å². The number of carboxylic acid groups (broad SMARTS) is 1. The average Bonchev–Trinajstić information content (AvgIpc) is 3.27. The lowest BCUT2D eigenvalue weighted by Crippen LogP contribution is -2.21. The summed E-state index contributed by atoms with van der Waals surface area (Å²) in [6.07, 6.45) is 2.73. The Hall–Kier alpha value is -3.82. The molecular weight excluding hydrogens is 422 g/mol. The van der Waals surface area contributed by atoms with E-state index >= 15 is 0 Å². The van der Waals surface area contributed by atoms with Crippen molar-refractivity contribution >= 4 is 23.4 Å². The maximum atomic E-state index is 13.7. The van der Waals surface area contributed by atoms with Gasteiger partial charge in [0.1, 0.15) is 11.6 Å². The van der Waals surface area contributed by atoms with Gasteiger partial charge in [0, 0.05) is 23.2 Å². The van der Waals surface area contributed by atoms with Crippen molar-refractivity contribution in [1.82, 2.24) is 10.1 Å². The molecule has 8 nitrogen and oxygen atoms in total. The highest BCUT2D eigenvalue weighted by Crippen LogP contribution is 2.36. The molecule has 1 aliphatic carbocycles. The van der Waals surface area contributed by atoms with Gasteiger partial charge in [-0.25, -0.2) is 13.6 Å².